The third-order valence-corrected chi connectivity index (χ3v) is 5.87. The summed E-state index contributed by atoms with van der Waals surface area (Å²) in [5, 5.41) is 3.85. The lowest BCUT2D eigenvalue weighted by Crippen LogP contribution is -2.08. The molecule has 0 aliphatic rings. The first-order valence-corrected chi connectivity index (χ1v) is 10.4. The third kappa shape index (κ3) is 3.60. The van der Waals surface area contributed by atoms with Gasteiger partial charge in [-0.15, -0.1) is 0 Å². The molecule has 0 saturated heterocycles. The van der Waals surface area contributed by atoms with Crippen molar-refractivity contribution < 1.29 is 14.3 Å². The molecular formula is C24H17N3O3S. The Morgan fingerprint density at radius 1 is 1.03 bits per heavy atom. The van der Waals surface area contributed by atoms with Crippen LogP contribution >= 0.6 is 11.3 Å². The first kappa shape index (κ1) is 19.1. The molecule has 0 N–H and O–H groups in total. The first-order chi connectivity index (χ1) is 15.1. The number of hydrogen-bond donors (Lipinski definition) is 0. The van der Waals surface area contributed by atoms with Gasteiger partial charge in [0.25, 0.3) is 0 Å². The van der Waals surface area contributed by atoms with E-state index in [9.17, 15) is 4.79 Å². The smallest absolute Gasteiger partial charge is 0.358 e. The molecule has 3 aromatic heterocycles. The van der Waals surface area contributed by atoms with E-state index >= 15 is 0 Å². The average Bonchev–Trinajstić information content (AvgIpc) is 3.20. The average molecular weight is 427 g/mol. The van der Waals surface area contributed by atoms with Crippen LogP contribution in [0.3, 0.4) is 0 Å². The van der Waals surface area contributed by atoms with Gasteiger partial charge in [-0.25, -0.2) is 14.8 Å². The van der Waals surface area contributed by atoms with Crippen LogP contribution in [0.4, 0.5) is 0 Å². The van der Waals surface area contributed by atoms with Crippen LogP contribution in [-0.4, -0.2) is 28.0 Å². The van der Waals surface area contributed by atoms with Gasteiger partial charge in [-0.1, -0.05) is 35.6 Å². The van der Waals surface area contributed by atoms with Crippen LogP contribution in [0, 0.1) is 6.92 Å². The highest BCUT2D eigenvalue weighted by molar-refractivity contribution is 7.20. The van der Waals surface area contributed by atoms with E-state index in [-0.39, 0.29) is 5.69 Å². The highest BCUT2D eigenvalue weighted by Gasteiger charge is 2.18. The molecule has 7 heteroatoms. The van der Waals surface area contributed by atoms with Gasteiger partial charge in [0.2, 0.25) is 0 Å². The number of carbonyl (C=O) groups excluding carboxylic acids is 1. The molecule has 6 nitrogen and oxygen atoms in total. The quantitative estimate of drug-likeness (QED) is 0.338. The molecule has 5 rings (SSSR count). The monoisotopic (exact) mass is 427 g/mol. The van der Waals surface area contributed by atoms with E-state index in [2.05, 4.69) is 15.0 Å². The van der Waals surface area contributed by atoms with Gasteiger partial charge in [0.05, 0.1) is 12.8 Å². The summed E-state index contributed by atoms with van der Waals surface area (Å²) in [5.74, 6) is 0.247. The second kappa shape index (κ2) is 7.77. The molecule has 0 radical (unpaired) electrons. The Morgan fingerprint density at radius 3 is 2.81 bits per heavy atom. The van der Waals surface area contributed by atoms with Gasteiger partial charge >= 0.3 is 5.97 Å². The van der Waals surface area contributed by atoms with Gasteiger partial charge in [0.1, 0.15) is 11.4 Å². The molecule has 0 aliphatic heterocycles. The number of fused-ring (bicyclic) bond motifs is 2. The summed E-state index contributed by atoms with van der Waals surface area (Å²) in [6.07, 6.45) is 5.13. The van der Waals surface area contributed by atoms with Crippen LogP contribution in [0.2, 0.25) is 0 Å². The number of aryl methyl sites for hydroxylation is 1. The number of esters is 1. The Morgan fingerprint density at radius 2 is 1.94 bits per heavy atom. The number of rotatable bonds is 4. The summed E-state index contributed by atoms with van der Waals surface area (Å²) in [6.45, 7) is 1.84. The van der Waals surface area contributed by atoms with Crippen LogP contribution in [-0.2, 0) is 4.74 Å². The number of methoxy groups -OCH3 is 1. The van der Waals surface area contributed by atoms with E-state index in [1.54, 1.807) is 18.6 Å². The normalized spacial score (nSPS) is 11.0. The fraction of sp³-hybridized carbons (Fsp3) is 0.0833. The number of ether oxygens (including phenoxy) is 2. The maximum atomic E-state index is 12.1. The Kier molecular flexibility index (Phi) is 4.80. The molecule has 5 aromatic rings. The summed E-state index contributed by atoms with van der Waals surface area (Å²) >= 11 is 1.53. The maximum absolute atomic E-state index is 12.1. The summed E-state index contributed by atoms with van der Waals surface area (Å²) < 4.78 is 12.1. The fourth-order valence-corrected chi connectivity index (χ4v) is 4.38. The molecular weight excluding hydrogens is 410 g/mol. The zero-order valence-electron chi connectivity index (χ0n) is 16.8. The number of benzene rings is 2. The largest absolute Gasteiger partial charge is 0.464 e. The minimum atomic E-state index is -0.512. The zero-order chi connectivity index (χ0) is 21.4. The van der Waals surface area contributed by atoms with E-state index < -0.39 is 5.97 Å². The van der Waals surface area contributed by atoms with E-state index in [1.165, 1.54) is 18.4 Å². The van der Waals surface area contributed by atoms with Crippen molar-refractivity contribution in [3.63, 3.8) is 0 Å². The molecule has 2 aromatic carbocycles. The van der Waals surface area contributed by atoms with Crippen molar-refractivity contribution in [1.29, 1.82) is 0 Å². The van der Waals surface area contributed by atoms with Crippen molar-refractivity contribution >= 4 is 38.2 Å². The van der Waals surface area contributed by atoms with E-state index in [1.807, 2.05) is 55.5 Å². The van der Waals surface area contributed by atoms with Crippen LogP contribution in [0.15, 0.2) is 67.1 Å². The van der Waals surface area contributed by atoms with Gasteiger partial charge in [-0.05, 0) is 35.9 Å². The Bertz CT molecular complexity index is 1440. The van der Waals surface area contributed by atoms with E-state index in [0.717, 1.165) is 42.9 Å². The number of carbonyl (C=O) groups is 1. The van der Waals surface area contributed by atoms with Crippen molar-refractivity contribution in [3.05, 3.63) is 78.5 Å². The molecule has 0 unspecified atom stereocenters. The Labute approximate surface area is 182 Å². The number of pyridine rings is 1. The van der Waals surface area contributed by atoms with Crippen LogP contribution in [0.1, 0.15) is 16.2 Å². The standard InChI is InChI=1S/C24H17N3O3S/c1-14-12-26-23(24(28)29-2)22(27-14)17-7-6-16-11-21(31-20(16)10-17)30-19-5-3-4-15-8-9-25-13-18(15)19/h3-13H,1-2H3. The highest BCUT2D eigenvalue weighted by atomic mass is 32.1. The molecule has 0 aliphatic carbocycles. The number of nitrogens with zero attached hydrogens (tertiary/aromatic N) is 3. The van der Waals surface area contributed by atoms with Crippen LogP contribution in [0.5, 0.6) is 10.8 Å². The van der Waals surface area contributed by atoms with E-state index in [4.69, 9.17) is 9.47 Å². The van der Waals surface area contributed by atoms with Crippen molar-refractivity contribution in [2.24, 2.45) is 0 Å². The predicted molar refractivity (Wildman–Crippen MR) is 121 cm³/mol. The molecule has 0 fully saturated rings. The lowest BCUT2D eigenvalue weighted by molar-refractivity contribution is 0.0594. The van der Waals surface area contributed by atoms with Crippen LogP contribution < -0.4 is 4.74 Å². The molecule has 152 valence electrons. The fourth-order valence-electron chi connectivity index (χ4n) is 3.41. The van der Waals surface area contributed by atoms with Crippen LogP contribution in [0.25, 0.3) is 32.1 Å². The van der Waals surface area contributed by atoms with Crippen molar-refractivity contribution in [1.82, 2.24) is 15.0 Å². The SMILES string of the molecule is COC(=O)c1ncc(C)nc1-c1ccc2cc(Oc3cccc4ccncc34)sc2c1. The van der Waals surface area contributed by atoms with Gasteiger partial charge in [0.15, 0.2) is 10.8 Å². The van der Waals surface area contributed by atoms with Gasteiger partial charge < -0.3 is 9.47 Å². The van der Waals surface area contributed by atoms with Crippen molar-refractivity contribution in [2.45, 2.75) is 6.92 Å². The Balaban J connectivity index is 1.54. The lowest BCUT2D eigenvalue weighted by atomic mass is 10.1. The van der Waals surface area contributed by atoms with Gasteiger partial charge in [0, 0.05) is 40.3 Å². The minimum absolute atomic E-state index is 0.198. The summed E-state index contributed by atoms with van der Waals surface area (Å²) in [6, 6.07) is 15.8. The van der Waals surface area contributed by atoms with E-state index in [0.29, 0.717) is 5.69 Å². The molecule has 3 heterocycles. The lowest BCUT2D eigenvalue weighted by Gasteiger charge is -2.07. The molecule has 0 saturated carbocycles. The molecule has 0 spiro atoms. The molecule has 0 atom stereocenters. The van der Waals surface area contributed by atoms with Gasteiger partial charge in [-0.2, -0.15) is 0 Å². The van der Waals surface area contributed by atoms with Crippen molar-refractivity contribution in [3.8, 4) is 22.1 Å². The third-order valence-electron chi connectivity index (χ3n) is 4.90. The first-order valence-electron chi connectivity index (χ1n) is 9.59. The Hall–Kier alpha value is -3.84. The summed E-state index contributed by atoms with van der Waals surface area (Å²) in [7, 11) is 1.34. The maximum Gasteiger partial charge on any atom is 0.358 e. The zero-order valence-corrected chi connectivity index (χ0v) is 17.6. The molecule has 0 bridgehead atoms. The predicted octanol–water partition coefficient (Wildman–Crippen LogP) is 5.79. The number of thiophene rings is 1. The summed E-state index contributed by atoms with van der Waals surface area (Å²) in [5.41, 5.74) is 2.22. The van der Waals surface area contributed by atoms with Crippen molar-refractivity contribution in [2.75, 3.05) is 7.11 Å². The molecule has 31 heavy (non-hydrogen) atoms. The molecule has 0 amide bonds. The highest BCUT2D eigenvalue weighted by Crippen LogP contribution is 2.38. The van der Waals surface area contributed by atoms with Gasteiger partial charge in [-0.3, -0.25) is 4.98 Å². The number of aromatic nitrogens is 3. The topological polar surface area (TPSA) is 74.2 Å². The second-order valence-electron chi connectivity index (χ2n) is 6.97. The summed E-state index contributed by atoms with van der Waals surface area (Å²) in [4.78, 5) is 25.1. The second-order valence-corrected chi connectivity index (χ2v) is 8.02. The minimum Gasteiger partial charge on any atom is -0.464 e. The number of hydrogen-bond acceptors (Lipinski definition) is 7.